The molecule has 1 aromatic heterocycles. The third-order valence-corrected chi connectivity index (χ3v) is 2.90. The minimum absolute atomic E-state index is 0.376. The average molecular weight is 228 g/mol. The standard InChI is InChI=1S/C14H16N2O/c1-9-5-6-10(2)12(8-9)13(17)11-4-3-7-16-14(11)15/h3-8,13,17H,1-2H3,(H2,15,16). The van der Waals surface area contributed by atoms with Crippen LogP contribution in [0.3, 0.4) is 0 Å². The molecular weight excluding hydrogens is 212 g/mol. The van der Waals surface area contributed by atoms with Gasteiger partial charge in [0.15, 0.2) is 0 Å². The Bertz CT molecular complexity index is 537. The Balaban J connectivity index is 2.47. The van der Waals surface area contributed by atoms with E-state index in [1.165, 1.54) is 0 Å². The van der Waals surface area contributed by atoms with E-state index in [0.29, 0.717) is 11.4 Å². The Labute approximate surface area is 101 Å². The number of benzene rings is 1. The molecule has 2 aromatic rings. The van der Waals surface area contributed by atoms with Crippen molar-refractivity contribution in [2.75, 3.05) is 5.73 Å². The summed E-state index contributed by atoms with van der Waals surface area (Å²) in [5.41, 5.74) is 9.47. The topological polar surface area (TPSA) is 59.1 Å². The lowest BCUT2D eigenvalue weighted by atomic mass is 9.96. The van der Waals surface area contributed by atoms with Gasteiger partial charge in [0.2, 0.25) is 0 Å². The molecule has 0 spiro atoms. The summed E-state index contributed by atoms with van der Waals surface area (Å²) >= 11 is 0. The number of rotatable bonds is 2. The summed E-state index contributed by atoms with van der Waals surface area (Å²) in [4.78, 5) is 4.00. The monoisotopic (exact) mass is 228 g/mol. The van der Waals surface area contributed by atoms with Crippen molar-refractivity contribution in [3.63, 3.8) is 0 Å². The van der Waals surface area contributed by atoms with Crippen LogP contribution in [0, 0.1) is 13.8 Å². The molecule has 1 atom stereocenters. The third kappa shape index (κ3) is 2.29. The fraction of sp³-hybridized carbons (Fsp3) is 0.214. The lowest BCUT2D eigenvalue weighted by molar-refractivity contribution is 0.220. The van der Waals surface area contributed by atoms with Crippen molar-refractivity contribution < 1.29 is 5.11 Å². The maximum Gasteiger partial charge on any atom is 0.129 e. The van der Waals surface area contributed by atoms with Gasteiger partial charge >= 0.3 is 0 Å². The Morgan fingerprint density at radius 1 is 1.18 bits per heavy atom. The zero-order valence-corrected chi connectivity index (χ0v) is 10.0. The second-order valence-electron chi connectivity index (χ2n) is 4.24. The summed E-state index contributed by atoms with van der Waals surface area (Å²) in [6.45, 7) is 3.98. The van der Waals surface area contributed by atoms with E-state index < -0.39 is 6.10 Å². The van der Waals surface area contributed by atoms with Crippen LogP contribution in [0.4, 0.5) is 5.82 Å². The first-order chi connectivity index (χ1) is 8.09. The number of aromatic nitrogens is 1. The predicted octanol–water partition coefficient (Wildman–Crippen LogP) is 2.36. The quantitative estimate of drug-likeness (QED) is 0.829. The number of nitrogens with zero attached hydrogens (tertiary/aromatic N) is 1. The van der Waals surface area contributed by atoms with Gasteiger partial charge in [0.25, 0.3) is 0 Å². The van der Waals surface area contributed by atoms with Gasteiger partial charge in [-0.2, -0.15) is 0 Å². The Hall–Kier alpha value is -1.87. The largest absolute Gasteiger partial charge is 0.384 e. The van der Waals surface area contributed by atoms with Crippen molar-refractivity contribution >= 4 is 5.82 Å². The zero-order chi connectivity index (χ0) is 12.4. The van der Waals surface area contributed by atoms with E-state index in [4.69, 9.17) is 5.73 Å². The number of nitrogen functional groups attached to an aromatic ring is 1. The maximum atomic E-state index is 10.4. The van der Waals surface area contributed by atoms with Gasteiger partial charge in [0.05, 0.1) is 0 Å². The average Bonchev–Trinajstić information content (AvgIpc) is 2.32. The highest BCUT2D eigenvalue weighted by atomic mass is 16.3. The number of hydrogen-bond donors (Lipinski definition) is 2. The molecule has 17 heavy (non-hydrogen) atoms. The van der Waals surface area contributed by atoms with Gasteiger partial charge in [-0.25, -0.2) is 4.98 Å². The Kier molecular flexibility index (Phi) is 3.11. The van der Waals surface area contributed by atoms with E-state index in [2.05, 4.69) is 4.98 Å². The van der Waals surface area contributed by atoms with E-state index in [9.17, 15) is 5.11 Å². The van der Waals surface area contributed by atoms with Crippen LogP contribution in [0.5, 0.6) is 0 Å². The van der Waals surface area contributed by atoms with Crippen LogP contribution >= 0.6 is 0 Å². The van der Waals surface area contributed by atoms with Gasteiger partial charge in [-0.3, -0.25) is 0 Å². The van der Waals surface area contributed by atoms with Gasteiger partial charge in [-0.1, -0.05) is 29.8 Å². The summed E-state index contributed by atoms with van der Waals surface area (Å²) < 4.78 is 0. The van der Waals surface area contributed by atoms with Crippen molar-refractivity contribution in [3.05, 3.63) is 58.8 Å². The molecule has 0 aliphatic rings. The summed E-state index contributed by atoms with van der Waals surface area (Å²) in [5, 5.41) is 10.4. The first kappa shape index (κ1) is 11.6. The Morgan fingerprint density at radius 2 is 1.94 bits per heavy atom. The first-order valence-corrected chi connectivity index (χ1v) is 5.55. The van der Waals surface area contributed by atoms with Gasteiger partial charge in [0, 0.05) is 11.8 Å². The first-order valence-electron chi connectivity index (χ1n) is 5.55. The highest BCUT2D eigenvalue weighted by molar-refractivity contribution is 5.46. The van der Waals surface area contributed by atoms with Crippen molar-refractivity contribution in [2.24, 2.45) is 0 Å². The summed E-state index contributed by atoms with van der Waals surface area (Å²) in [6, 6.07) is 9.58. The fourth-order valence-electron chi connectivity index (χ4n) is 1.88. The summed E-state index contributed by atoms with van der Waals surface area (Å²) in [6.07, 6.45) is 0.901. The van der Waals surface area contributed by atoms with Crippen LogP contribution in [0.1, 0.15) is 28.4 Å². The number of aliphatic hydroxyl groups is 1. The lowest BCUT2D eigenvalue weighted by Gasteiger charge is -2.16. The van der Waals surface area contributed by atoms with Crippen LogP contribution in [0.2, 0.25) is 0 Å². The van der Waals surface area contributed by atoms with E-state index in [0.717, 1.165) is 16.7 Å². The molecule has 2 rings (SSSR count). The molecule has 0 saturated heterocycles. The second kappa shape index (κ2) is 4.55. The molecule has 0 aliphatic carbocycles. The SMILES string of the molecule is Cc1ccc(C)c(C(O)c2cccnc2N)c1. The van der Waals surface area contributed by atoms with Crippen molar-refractivity contribution in [2.45, 2.75) is 20.0 Å². The van der Waals surface area contributed by atoms with Crippen LogP contribution in [0.15, 0.2) is 36.5 Å². The molecule has 3 N–H and O–H groups in total. The molecule has 0 saturated carbocycles. The molecule has 0 amide bonds. The summed E-state index contributed by atoms with van der Waals surface area (Å²) in [7, 11) is 0. The minimum atomic E-state index is -0.719. The number of anilines is 1. The number of aryl methyl sites for hydroxylation is 2. The Morgan fingerprint density at radius 3 is 2.65 bits per heavy atom. The molecular formula is C14H16N2O. The molecule has 0 radical (unpaired) electrons. The van der Waals surface area contributed by atoms with Gasteiger partial charge < -0.3 is 10.8 Å². The molecule has 1 unspecified atom stereocenters. The van der Waals surface area contributed by atoms with Crippen molar-refractivity contribution in [1.29, 1.82) is 0 Å². The molecule has 0 bridgehead atoms. The molecule has 0 fully saturated rings. The second-order valence-corrected chi connectivity index (χ2v) is 4.24. The molecule has 88 valence electrons. The highest BCUT2D eigenvalue weighted by Gasteiger charge is 2.15. The number of pyridine rings is 1. The molecule has 0 aliphatic heterocycles. The smallest absolute Gasteiger partial charge is 0.129 e. The van der Waals surface area contributed by atoms with Crippen LogP contribution in [0.25, 0.3) is 0 Å². The maximum absolute atomic E-state index is 10.4. The highest BCUT2D eigenvalue weighted by Crippen LogP contribution is 2.27. The molecule has 3 nitrogen and oxygen atoms in total. The van der Waals surface area contributed by atoms with Crippen LogP contribution in [-0.4, -0.2) is 10.1 Å². The summed E-state index contributed by atoms with van der Waals surface area (Å²) in [5.74, 6) is 0.376. The van der Waals surface area contributed by atoms with E-state index in [-0.39, 0.29) is 0 Å². The van der Waals surface area contributed by atoms with Gasteiger partial charge in [-0.05, 0) is 31.0 Å². The van der Waals surface area contributed by atoms with Crippen molar-refractivity contribution in [1.82, 2.24) is 4.98 Å². The molecule has 1 heterocycles. The normalized spacial score (nSPS) is 12.4. The molecule has 3 heteroatoms. The van der Waals surface area contributed by atoms with Crippen molar-refractivity contribution in [3.8, 4) is 0 Å². The van der Waals surface area contributed by atoms with Crippen LogP contribution < -0.4 is 5.73 Å². The lowest BCUT2D eigenvalue weighted by Crippen LogP contribution is -2.06. The fourth-order valence-corrected chi connectivity index (χ4v) is 1.88. The van der Waals surface area contributed by atoms with E-state index >= 15 is 0 Å². The van der Waals surface area contributed by atoms with E-state index in [1.54, 1.807) is 18.3 Å². The van der Waals surface area contributed by atoms with E-state index in [1.807, 2.05) is 32.0 Å². The van der Waals surface area contributed by atoms with Crippen LogP contribution in [-0.2, 0) is 0 Å². The number of hydrogen-bond acceptors (Lipinski definition) is 3. The zero-order valence-electron chi connectivity index (χ0n) is 10.0. The van der Waals surface area contributed by atoms with Gasteiger partial charge in [-0.15, -0.1) is 0 Å². The number of aliphatic hydroxyl groups excluding tert-OH is 1. The van der Waals surface area contributed by atoms with Gasteiger partial charge in [0.1, 0.15) is 11.9 Å². The molecule has 1 aromatic carbocycles. The minimum Gasteiger partial charge on any atom is -0.384 e. The number of nitrogens with two attached hydrogens (primary N) is 1. The third-order valence-electron chi connectivity index (χ3n) is 2.90. The predicted molar refractivity (Wildman–Crippen MR) is 68.6 cm³/mol.